The number of hydrogen-bond donors (Lipinski definition) is 1. The lowest BCUT2D eigenvalue weighted by molar-refractivity contribution is 0.0692. The minimum Gasteiger partial charge on any atom is -0.486 e. The second-order valence-electron chi connectivity index (χ2n) is 3.59. The number of carbonyl (C=O) groups is 1. The number of carboxylic acids is 1. The predicted molar refractivity (Wildman–Crippen MR) is 58.7 cm³/mol. The van der Waals surface area contributed by atoms with E-state index in [-0.39, 0.29) is 17.9 Å². The zero-order valence-corrected chi connectivity index (χ0v) is 9.50. The van der Waals surface area contributed by atoms with E-state index in [0.29, 0.717) is 5.82 Å². The lowest BCUT2D eigenvalue weighted by atomic mass is 10.2. The van der Waals surface area contributed by atoms with E-state index < -0.39 is 11.8 Å². The molecule has 0 aliphatic carbocycles. The van der Waals surface area contributed by atoms with Crippen LogP contribution in [0.25, 0.3) is 0 Å². The molecular formula is C11H10FN3O3. The number of halogens is 1. The zero-order valence-electron chi connectivity index (χ0n) is 9.50. The summed E-state index contributed by atoms with van der Waals surface area (Å²) in [4.78, 5) is 10.6. The molecule has 0 unspecified atom stereocenters. The van der Waals surface area contributed by atoms with Crippen LogP contribution in [0.4, 0.5) is 4.39 Å². The van der Waals surface area contributed by atoms with Gasteiger partial charge in [-0.2, -0.15) is 0 Å². The number of aromatic carboxylic acids is 1. The van der Waals surface area contributed by atoms with Crippen molar-refractivity contribution in [2.24, 2.45) is 7.05 Å². The van der Waals surface area contributed by atoms with Crippen molar-refractivity contribution in [2.75, 3.05) is 0 Å². The first kappa shape index (κ1) is 12.0. The summed E-state index contributed by atoms with van der Waals surface area (Å²) in [5, 5.41) is 16.1. The summed E-state index contributed by atoms with van der Waals surface area (Å²) in [5.41, 5.74) is -0.388. The highest BCUT2D eigenvalue weighted by molar-refractivity contribution is 5.88. The molecule has 18 heavy (non-hydrogen) atoms. The van der Waals surface area contributed by atoms with Crippen LogP contribution in [0.5, 0.6) is 5.75 Å². The molecule has 0 aliphatic heterocycles. The first-order chi connectivity index (χ1) is 8.58. The van der Waals surface area contributed by atoms with E-state index in [9.17, 15) is 9.18 Å². The van der Waals surface area contributed by atoms with Gasteiger partial charge in [-0.15, -0.1) is 10.2 Å². The molecule has 0 saturated carbocycles. The third-order valence-electron chi connectivity index (χ3n) is 2.34. The van der Waals surface area contributed by atoms with E-state index in [1.54, 1.807) is 11.6 Å². The van der Waals surface area contributed by atoms with Crippen molar-refractivity contribution in [3.8, 4) is 5.75 Å². The van der Waals surface area contributed by atoms with Crippen molar-refractivity contribution in [1.29, 1.82) is 0 Å². The van der Waals surface area contributed by atoms with Gasteiger partial charge in [0.05, 0.1) is 5.56 Å². The molecule has 1 aromatic carbocycles. The number of rotatable bonds is 4. The Labute approximate surface area is 102 Å². The van der Waals surface area contributed by atoms with Crippen LogP contribution in [-0.2, 0) is 13.7 Å². The molecule has 0 saturated heterocycles. The standard InChI is InChI=1S/C11H10FN3O3/c1-15-6-13-14-10(15)5-18-7-2-3-8(11(16)17)9(12)4-7/h2-4,6H,5H2,1H3,(H,16,17). The molecule has 94 valence electrons. The van der Waals surface area contributed by atoms with Crippen LogP contribution < -0.4 is 4.74 Å². The van der Waals surface area contributed by atoms with Crippen molar-refractivity contribution >= 4 is 5.97 Å². The van der Waals surface area contributed by atoms with Gasteiger partial charge in [-0.1, -0.05) is 0 Å². The Morgan fingerprint density at radius 3 is 2.89 bits per heavy atom. The number of benzene rings is 1. The van der Waals surface area contributed by atoms with E-state index in [1.165, 1.54) is 12.4 Å². The van der Waals surface area contributed by atoms with Gasteiger partial charge in [0.1, 0.15) is 24.5 Å². The molecule has 0 fully saturated rings. The lowest BCUT2D eigenvalue weighted by Crippen LogP contribution is -2.04. The van der Waals surface area contributed by atoms with E-state index in [4.69, 9.17) is 9.84 Å². The number of aromatic nitrogens is 3. The van der Waals surface area contributed by atoms with Gasteiger partial charge in [0.25, 0.3) is 0 Å². The number of ether oxygens (including phenoxy) is 1. The molecular weight excluding hydrogens is 241 g/mol. The third kappa shape index (κ3) is 2.45. The van der Waals surface area contributed by atoms with Crippen LogP contribution in [-0.4, -0.2) is 25.8 Å². The summed E-state index contributed by atoms with van der Waals surface area (Å²) in [6.07, 6.45) is 1.52. The maximum atomic E-state index is 13.4. The first-order valence-corrected chi connectivity index (χ1v) is 5.06. The van der Waals surface area contributed by atoms with Crippen molar-refractivity contribution in [1.82, 2.24) is 14.8 Å². The van der Waals surface area contributed by atoms with E-state index in [2.05, 4.69) is 10.2 Å². The molecule has 1 aromatic heterocycles. The molecule has 1 N–H and O–H groups in total. The maximum Gasteiger partial charge on any atom is 0.338 e. The number of carboxylic acid groups (broad SMARTS) is 1. The van der Waals surface area contributed by atoms with Gasteiger partial charge in [0, 0.05) is 13.1 Å². The van der Waals surface area contributed by atoms with Crippen LogP contribution in [0.1, 0.15) is 16.2 Å². The topological polar surface area (TPSA) is 77.2 Å². The van der Waals surface area contributed by atoms with Crippen LogP contribution in [0.3, 0.4) is 0 Å². The fourth-order valence-corrected chi connectivity index (χ4v) is 1.34. The Hall–Kier alpha value is -2.44. The smallest absolute Gasteiger partial charge is 0.338 e. The van der Waals surface area contributed by atoms with Gasteiger partial charge in [-0.05, 0) is 12.1 Å². The molecule has 7 heteroatoms. The Balaban J connectivity index is 2.09. The fraction of sp³-hybridized carbons (Fsp3) is 0.182. The molecule has 2 aromatic rings. The lowest BCUT2D eigenvalue weighted by Gasteiger charge is -2.06. The number of nitrogens with zero attached hydrogens (tertiary/aromatic N) is 3. The highest BCUT2D eigenvalue weighted by atomic mass is 19.1. The second-order valence-corrected chi connectivity index (χ2v) is 3.59. The van der Waals surface area contributed by atoms with Crippen molar-refractivity contribution in [3.05, 3.63) is 41.7 Å². The Bertz CT molecular complexity index is 583. The monoisotopic (exact) mass is 251 g/mol. The highest BCUT2D eigenvalue weighted by Crippen LogP contribution is 2.17. The van der Waals surface area contributed by atoms with Crippen molar-refractivity contribution in [2.45, 2.75) is 6.61 Å². The van der Waals surface area contributed by atoms with Crippen LogP contribution in [0.2, 0.25) is 0 Å². The Morgan fingerprint density at radius 1 is 1.56 bits per heavy atom. The summed E-state index contributed by atoms with van der Waals surface area (Å²) in [6.45, 7) is 0.127. The normalized spacial score (nSPS) is 10.3. The largest absolute Gasteiger partial charge is 0.486 e. The fourth-order valence-electron chi connectivity index (χ4n) is 1.34. The molecule has 2 rings (SSSR count). The van der Waals surface area contributed by atoms with Gasteiger partial charge in [0.2, 0.25) is 0 Å². The minimum absolute atomic E-state index is 0.127. The molecule has 0 aliphatic rings. The Morgan fingerprint density at radius 2 is 2.33 bits per heavy atom. The average Bonchev–Trinajstić information content (AvgIpc) is 2.72. The SMILES string of the molecule is Cn1cnnc1COc1ccc(C(=O)O)c(F)c1. The average molecular weight is 251 g/mol. The molecule has 1 heterocycles. The molecule has 6 nitrogen and oxygen atoms in total. The second kappa shape index (κ2) is 4.82. The molecule has 0 bridgehead atoms. The molecule has 0 amide bonds. The highest BCUT2D eigenvalue weighted by Gasteiger charge is 2.11. The number of aryl methyl sites for hydroxylation is 1. The zero-order chi connectivity index (χ0) is 13.1. The quantitative estimate of drug-likeness (QED) is 0.884. The first-order valence-electron chi connectivity index (χ1n) is 5.06. The van der Waals surface area contributed by atoms with E-state index in [1.807, 2.05) is 0 Å². The van der Waals surface area contributed by atoms with Crippen LogP contribution in [0.15, 0.2) is 24.5 Å². The maximum absolute atomic E-state index is 13.4. The summed E-state index contributed by atoms with van der Waals surface area (Å²) >= 11 is 0. The van der Waals surface area contributed by atoms with E-state index in [0.717, 1.165) is 12.1 Å². The minimum atomic E-state index is -1.31. The summed E-state index contributed by atoms with van der Waals surface area (Å²) in [6, 6.07) is 3.58. The van der Waals surface area contributed by atoms with E-state index >= 15 is 0 Å². The van der Waals surface area contributed by atoms with Crippen molar-refractivity contribution in [3.63, 3.8) is 0 Å². The Kier molecular flexibility index (Phi) is 3.22. The van der Waals surface area contributed by atoms with Gasteiger partial charge < -0.3 is 14.4 Å². The summed E-state index contributed by atoms with van der Waals surface area (Å²) in [5.74, 6) is -1.33. The molecule has 0 atom stereocenters. The summed E-state index contributed by atoms with van der Waals surface area (Å²) in [7, 11) is 1.76. The van der Waals surface area contributed by atoms with Crippen molar-refractivity contribution < 1.29 is 19.0 Å². The third-order valence-corrected chi connectivity index (χ3v) is 2.34. The van der Waals surface area contributed by atoms with Gasteiger partial charge >= 0.3 is 5.97 Å². The van der Waals surface area contributed by atoms with Crippen LogP contribution in [0, 0.1) is 5.82 Å². The van der Waals surface area contributed by atoms with Gasteiger partial charge in [0.15, 0.2) is 5.82 Å². The molecule has 0 radical (unpaired) electrons. The number of hydrogen-bond acceptors (Lipinski definition) is 4. The molecule has 0 spiro atoms. The van der Waals surface area contributed by atoms with Gasteiger partial charge in [-0.3, -0.25) is 0 Å². The van der Waals surface area contributed by atoms with Crippen LogP contribution >= 0.6 is 0 Å². The summed E-state index contributed by atoms with van der Waals surface area (Å²) < 4.78 is 20.3. The predicted octanol–water partition coefficient (Wildman–Crippen LogP) is 1.23. The van der Waals surface area contributed by atoms with Gasteiger partial charge in [-0.25, -0.2) is 9.18 Å².